The molecule has 0 saturated carbocycles. The Bertz CT molecular complexity index is 637. The van der Waals surface area contributed by atoms with E-state index < -0.39 is 0 Å². The number of aromatic nitrogens is 1. The Hall–Kier alpha value is -2.08. The summed E-state index contributed by atoms with van der Waals surface area (Å²) in [5, 5.41) is 2.88. The van der Waals surface area contributed by atoms with Crippen LogP contribution in [0.5, 0.6) is 0 Å². The van der Waals surface area contributed by atoms with E-state index in [0.29, 0.717) is 24.7 Å². The lowest BCUT2D eigenvalue weighted by Crippen LogP contribution is -2.54. The summed E-state index contributed by atoms with van der Waals surface area (Å²) >= 11 is 0. The maximum atomic E-state index is 11.8. The van der Waals surface area contributed by atoms with Crippen LogP contribution in [0.3, 0.4) is 0 Å². The maximum absolute atomic E-state index is 11.8. The molecule has 106 valence electrons. The van der Waals surface area contributed by atoms with Gasteiger partial charge in [-0.1, -0.05) is 6.92 Å². The number of hydrogen-bond donors (Lipinski definition) is 2. The molecular weight excluding hydrogens is 256 g/mol. The van der Waals surface area contributed by atoms with Crippen molar-refractivity contribution in [1.82, 2.24) is 15.2 Å². The van der Waals surface area contributed by atoms with Gasteiger partial charge in [-0.2, -0.15) is 0 Å². The Morgan fingerprint density at radius 3 is 3.20 bits per heavy atom. The van der Waals surface area contributed by atoms with Crippen LogP contribution in [0.15, 0.2) is 22.6 Å². The highest BCUT2D eigenvalue weighted by Gasteiger charge is 2.28. The number of nitrogen functional groups attached to an aromatic ring is 1. The highest BCUT2D eigenvalue weighted by Crippen LogP contribution is 2.20. The summed E-state index contributed by atoms with van der Waals surface area (Å²) in [5.74, 6) is 0.706. The molecule has 1 aliphatic heterocycles. The molecule has 1 amide bonds. The van der Waals surface area contributed by atoms with E-state index in [1.165, 1.54) is 0 Å². The van der Waals surface area contributed by atoms with E-state index in [1.807, 2.05) is 13.0 Å². The maximum Gasteiger partial charge on any atom is 0.237 e. The summed E-state index contributed by atoms with van der Waals surface area (Å²) in [5.41, 5.74) is 7.89. The Morgan fingerprint density at radius 1 is 1.55 bits per heavy atom. The molecular formula is C14H18N4O2. The van der Waals surface area contributed by atoms with E-state index in [-0.39, 0.29) is 11.9 Å². The number of rotatable bonds is 3. The number of fused-ring (bicyclic) bond motifs is 1. The molecule has 20 heavy (non-hydrogen) atoms. The summed E-state index contributed by atoms with van der Waals surface area (Å²) in [6.45, 7) is 4.03. The predicted octanol–water partition coefficient (Wildman–Crippen LogP) is 1.12. The minimum atomic E-state index is -0.108. The molecule has 1 aliphatic rings. The molecule has 0 spiro atoms. The van der Waals surface area contributed by atoms with Crippen molar-refractivity contribution in [2.24, 2.45) is 0 Å². The molecule has 3 N–H and O–H groups in total. The third-order valence-corrected chi connectivity index (χ3v) is 3.62. The van der Waals surface area contributed by atoms with Crippen molar-refractivity contribution in [2.75, 3.05) is 18.8 Å². The number of oxazole rings is 1. The first-order valence-electron chi connectivity index (χ1n) is 6.84. The summed E-state index contributed by atoms with van der Waals surface area (Å²) in [4.78, 5) is 18.4. The normalized spacial score (nSPS) is 20.2. The number of anilines is 1. The topological polar surface area (TPSA) is 84.4 Å². The van der Waals surface area contributed by atoms with Gasteiger partial charge in [-0.05, 0) is 24.6 Å². The van der Waals surface area contributed by atoms with Crippen LogP contribution in [0.25, 0.3) is 11.1 Å². The van der Waals surface area contributed by atoms with Crippen LogP contribution in [-0.2, 0) is 11.3 Å². The first-order chi connectivity index (χ1) is 9.67. The first-order valence-corrected chi connectivity index (χ1v) is 6.84. The number of nitrogens with one attached hydrogen (secondary N) is 1. The van der Waals surface area contributed by atoms with Crippen molar-refractivity contribution in [2.45, 2.75) is 25.9 Å². The van der Waals surface area contributed by atoms with E-state index in [1.54, 1.807) is 12.1 Å². The lowest BCUT2D eigenvalue weighted by molar-refractivity contribution is -0.129. The zero-order valence-corrected chi connectivity index (χ0v) is 11.4. The van der Waals surface area contributed by atoms with Crippen molar-refractivity contribution >= 4 is 22.7 Å². The summed E-state index contributed by atoms with van der Waals surface area (Å²) in [6, 6.07) is 5.30. The lowest BCUT2D eigenvalue weighted by atomic mass is 10.1. The number of nitrogens with zero attached hydrogens (tertiary/aromatic N) is 2. The fourth-order valence-electron chi connectivity index (χ4n) is 2.63. The van der Waals surface area contributed by atoms with Gasteiger partial charge < -0.3 is 15.5 Å². The quantitative estimate of drug-likeness (QED) is 0.819. The van der Waals surface area contributed by atoms with Crippen LogP contribution in [0.4, 0.5) is 5.69 Å². The smallest absolute Gasteiger partial charge is 0.237 e. The highest BCUT2D eigenvalue weighted by atomic mass is 16.3. The predicted molar refractivity (Wildman–Crippen MR) is 75.9 cm³/mol. The molecule has 1 saturated heterocycles. The largest absolute Gasteiger partial charge is 0.439 e. The SMILES string of the molecule is CCC1C(=O)NCCN1Cc1nc2cc(N)ccc2o1. The molecule has 1 aromatic carbocycles. The molecule has 0 aliphatic carbocycles. The minimum Gasteiger partial charge on any atom is -0.439 e. The fraction of sp³-hybridized carbons (Fsp3) is 0.429. The molecule has 1 fully saturated rings. The van der Waals surface area contributed by atoms with Gasteiger partial charge in [0.1, 0.15) is 5.52 Å². The van der Waals surface area contributed by atoms with Crippen LogP contribution >= 0.6 is 0 Å². The third-order valence-electron chi connectivity index (χ3n) is 3.62. The zero-order valence-electron chi connectivity index (χ0n) is 11.4. The number of amides is 1. The van der Waals surface area contributed by atoms with Gasteiger partial charge in [-0.15, -0.1) is 0 Å². The number of benzene rings is 1. The van der Waals surface area contributed by atoms with Crippen molar-refractivity contribution in [3.8, 4) is 0 Å². The minimum absolute atomic E-state index is 0.0825. The Labute approximate surface area is 116 Å². The molecule has 1 aromatic heterocycles. The average molecular weight is 274 g/mol. The molecule has 0 bridgehead atoms. The second kappa shape index (κ2) is 5.13. The van der Waals surface area contributed by atoms with Crippen molar-refractivity contribution in [1.29, 1.82) is 0 Å². The van der Waals surface area contributed by atoms with Crippen molar-refractivity contribution in [3.63, 3.8) is 0 Å². The van der Waals surface area contributed by atoms with Gasteiger partial charge in [0.05, 0.1) is 12.6 Å². The average Bonchev–Trinajstić information content (AvgIpc) is 2.80. The van der Waals surface area contributed by atoms with Gasteiger partial charge in [0, 0.05) is 18.8 Å². The lowest BCUT2D eigenvalue weighted by Gasteiger charge is -2.33. The summed E-state index contributed by atoms with van der Waals surface area (Å²) in [6.07, 6.45) is 0.777. The second-order valence-corrected chi connectivity index (χ2v) is 5.02. The van der Waals surface area contributed by atoms with E-state index in [2.05, 4.69) is 15.2 Å². The third kappa shape index (κ3) is 2.34. The van der Waals surface area contributed by atoms with E-state index >= 15 is 0 Å². The van der Waals surface area contributed by atoms with Gasteiger partial charge in [0.15, 0.2) is 5.58 Å². The molecule has 2 aromatic rings. The van der Waals surface area contributed by atoms with Crippen LogP contribution in [0.2, 0.25) is 0 Å². The molecule has 0 radical (unpaired) electrons. The van der Waals surface area contributed by atoms with E-state index in [9.17, 15) is 4.79 Å². The number of hydrogen-bond acceptors (Lipinski definition) is 5. The molecule has 1 unspecified atom stereocenters. The van der Waals surface area contributed by atoms with Crippen molar-refractivity contribution in [3.05, 3.63) is 24.1 Å². The monoisotopic (exact) mass is 274 g/mol. The summed E-state index contributed by atoms with van der Waals surface area (Å²) in [7, 11) is 0. The zero-order chi connectivity index (χ0) is 14.1. The second-order valence-electron chi connectivity index (χ2n) is 5.02. The molecule has 3 rings (SSSR count). The van der Waals surface area contributed by atoms with Crippen molar-refractivity contribution < 1.29 is 9.21 Å². The van der Waals surface area contributed by atoms with E-state index in [4.69, 9.17) is 10.2 Å². The van der Waals surface area contributed by atoms with Gasteiger partial charge in [0.25, 0.3) is 0 Å². The Morgan fingerprint density at radius 2 is 2.40 bits per heavy atom. The van der Waals surface area contributed by atoms with Crippen LogP contribution in [0, 0.1) is 0 Å². The highest BCUT2D eigenvalue weighted by molar-refractivity contribution is 5.82. The molecule has 2 heterocycles. The first kappa shape index (κ1) is 12.9. The standard InChI is InChI=1S/C14H18N4O2/c1-2-11-14(19)16-5-6-18(11)8-13-17-10-7-9(15)3-4-12(10)20-13/h3-4,7,11H,2,5-6,8,15H2,1H3,(H,16,19). The van der Waals surface area contributed by atoms with Gasteiger partial charge >= 0.3 is 0 Å². The van der Waals surface area contributed by atoms with E-state index in [0.717, 1.165) is 24.1 Å². The van der Waals surface area contributed by atoms with Crippen LogP contribution in [0.1, 0.15) is 19.2 Å². The number of piperazine rings is 1. The summed E-state index contributed by atoms with van der Waals surface area (Å²) < 4.78 is 5.71. The Kier molecular flexibility index (Phi) is 3.31. The number of carbonyl (C=O) groups excluding carboxylic acids is 1. The van der Waals surface area contributed by atoms with Crippen LogP contribution in [-0.4, -0.2) is 34.9 Å². The van der Waals surface area contributed by atoms with Gasteiger partial charge in [-0.25, -0.2) is 4.98 Å². The number of nitrogens with two attached hydrogens (primary N) is 1. The Balaban J connectivity index is 1.82. The molecule has 6 heteroatoms. The molecule has 1 atom stereocenters. The number of carbonyl (C=O) groups is 1. The van der Waals surface area contributed by atoms with Crippen LogP contribution < -0.4 is 11.1 Å². The van der Waals surface area contributed by atoms with Gasteiger partial charge in [0.2, 0.25) is 11.8 Å². The molecule has 6 nitrogen and oxygen atoms in total. The van der Waals surface area contributed by atoms with Gasteiger partial charge in [-0.3, -0.25) is 9.69 Å². The fourth-order valence-corrected chi connectivity index (χ4v) is 2.63.